The lowest BCUT2D eigenvalue weighted by molar-refractivity contribution is -0.0588. The quantitative estimate of drug-likeness (QED) is 0.115. The van der Waals surface area contributed by atoms with E-state index in [9.17, 15) is 21.9 Å². The molecule has 10 atom stereocenters. The molecule has 0 bridgehead atoms. The van der Waals surface area contributed by atoms with E-state index in [-0.39, 0.29) is 59.4 Å². The Hall–Kier alpha value is -1.64. The van der Waals surface area contributed by atoms with E-state index < -0.39 is 38.3 Å². The molecule has 0 radical (unpaired) electrons. The van der Waals surface area contributed by atoms with Gasteiger partial charge in [-0.3, -0.25) is 4.18 Å². The fourth-order valence-corrected chi connectivity index (χ4v) is 10.1. The van der Waals surface area contributed by atoms with Crippen LogP contribution >= 0.6 is 0 Å². The Morgan fingerprint density at radius 2 is 1.67 bits per heavy atom. The molecule has 1 unspecified atom stereocenters. The Morgan fingerprint density at radius 3 is 2.29 bits per heavy atom. The fourth-order valence-electron chi connectivity index (χ4n) is 7.66. The van der Waals surface area contributed by atoms with Gasteiger partial charge in [0.1, 0.15) is 0 Å². The number of ether oxygens (including phenoxy) is 4. The second kappa shape index (κ2) is 18.6. The van der Waals surface area contributed by atoms with Gasteiger partial charge in [-0.1, -0.05) is 65.0 Å². The molecule has 3 saturated heterocycles. The van der Waals surface area contributed by atoms with Crippen LogP contribution in [0.25, 0.3) is 0 Å². The topological polar surface area (TPSA) is 135 Å². The SMILES string of the molecule is C=C1C[C@H](CCC2OCCO2)OC1CC[C@H](C[C@@H](C)C(=C)[C@H](O)C[C@@H]1O[C@H](C[C@H](C)CC)[C@H](C)[C@H]1CS(=O)(=O)c1ccc(C)cc1)OS(C)(=O)=O. The van der Waals surface area contributed by atoms with Crippen LogP contribution < -0.4 is 0 Å². The van der Waals surface area contributed by atoms with Gasteiger partial charge in [-0.2, -0.15) is 8.42 Å². The van der Waals surface area contributed by atoms with Crippen LogP contribution in [0, 0.1) is 30.6 Å². The standard InChI is InChI=1S/C39H62O10S2/c1-9-25(2)20-37-30(7)34(24-51(43,44)33-14-10-26(3)11-15-33)38(48-37)23-35(40)29(6)27(4)21-32(49-50(8,41)42)12-16-36-28(5)22-31(47-36)13-17-39-45-18-19-46-39/h10-11,14-15,25,27,30-32,34-40H,5-6,9,12-13,16-24H2,1-4,7-8H3/t25-,27-,30-,31+,32-,34-,35-,36?,37-,38+/m1/s1. The van der Waals surface area contributed by atoms with Crippen molar-refractivity contribution in [1.29, 1.82) is 0 Å². The number of rotatable bonds is 20. The first kappa shape index (κ1) is 42.1. The van der Waals surface area contributed by atoms with Crippen molar-refractivity contribution in [2.45, 2.75) is 140 Å². The Balaban J connectivity index is 1.38. The van der Waals surface area contributed by atoms with Crippen molar-refractivity contribution in [2.75, 3.05) is 25.2 Å². The van der Waals surface area contributed by atoms with Gasteiger partial charge in [-0.15, -0.1) is 0 Å². The summed E-state index contributed by atoms with van der Waals surface area (Å²) in [6.07, 6.45) is 4.02. The zero-order chi connectivity index (χ0) is 37.5. The number of aliphatic hydroxyl groups is 1. The predicted octanol–water partition coefficient (Wildman–Crippen LogP) is 6.55. The third kappa shape index (κ3) is 12.5. The lowest BCUT2D eigenvalue weighted by Gasteiger charge is -2.28. The molecule has 3 heterocycles. The third-order valence-electron chi connectivity index (χ3n) is 11.1. The lowest BCUT2D eigenvalue weighted by Crippen LogP contribution is -2.32. The minimum absolute atomic E-state index is 0.0134. The first-order chi connectivity index (χ1) is 24.0. The molecule has 4 rings (SSSR count). The van der Waals surface area contributed by atoms with Gasteiger partial charge < -0.3 is 24.1 Å². The molecule has 0 amide bonds. The summed E-state index contributed by atoms with van der Waals surface area (Å²) < 4.78 is 81.2. The molecular weight excluding hydrogens is 693 g/mol. The largest absolute Gasteiger partial charge is 0.389 e. The Kier molecular flexibility index (Phi) is 15.4. The summed E-state index contributed by atoms with van der Waals surface area (Å²) >= 11 is 0. The molecule has 0 spiro atoms. The summed E-state index contributed by atoms with van der Waals surface area (Å²) in [5, 5.41) is 11.5. The van der Waals surface area contributed by atoms with E-state index >= 15 is 0 Å². The molecule has 0 saturated carbocycles. The zero-order valence-electron chi connectivity index (χ0n) is 31.5. The van der Waals surface area contributed by atoms with Crippen LogP contribution in [0.15, 0.2) is 53.5 Å². The molecular formula is C39H62O10S2. The van der Waals surface area contributed by atoms with Crippen LogP contribution in [0.4, 0.5) is 0 Å². The van der Waals surface area contributed by atoms with Crippen molar-refractivity contribution in [3.8, 4) is 0 Å². The molecule has 3 fully saturated rings. The second-order valence-electron chi connectivity index (χ2n) is 15.4. The van der Waals surface area contributed by atoms with Crippen LogP contribution in [0.1, 0.15) is 91.0 Å². The number of aliphatic hydroxyl groups excluding tert-OH is 1. The van der Waals surface area contributed by atoms with E-state index in [1.54, 1.807) is 24.3 Å². The Bertz CT molecular complexity index is 1500. The van der Waals surface area contributed by atoms with Crippen LogP contribution in [-0.2, 0) is 43.1 Å². The van der Waals surface area contributed by atoms with Crippen molar-refractivity contribution < 1.29 is 45.1 Å². The first-order valence-electron chi connectivity index (χ1n) is 18.7. The second-order valence-corrected chi connectivity index (χ2v) is 19.0. The van der Waals surface area contributed by atoms with Gasteiger partial charge in [0.2, 0.25) is 0 Å². The highest BCUT2D eigenvalue weighted by molar-refractivity contribution is 7.91. The van der Waals surface area contributed by atoms with Crippen LogP contribution in [-0.4, -0.2) is 90.1 Å². The van der Waals surface area contributed by atoms with E-state index in [1.807, 2.05) is 13.8 Å². The molecule has 1 aromatic carbocycles. The maximum Gasteiger partial charge on any atom is 0.264 e. The average Bonchev–Trinajstić information content (AvgIpc) is 3.78. The Labute approximate surface area is 307 Å². The van der Waals surface area contributed by atoms with Gasteiger partial charge in [-0.25, -0.2) is 8.42 Å². The summed E-state index contributed by atoms with van der Waals surface area (Å²) in [6, 6.07) is 6.91. The summed E-state index contributed by atoms with van der Waals surface area (Å²) in [5.74, 6) is -0.286. The van der Waals surface area contributed by atoms with Crippen molar-refractivity contribution in [1.82, 2.24) is 0 Å². The predicted molar refractivity (Wildman–Crippen MR) is 198 cm³/mol. The van der Waals surface area contributed by atoms with Gasteiger partial charge >= 0.3 is 0 Å². The molecule has 3 aliphatic heterocycles. The highest BCUT2D eigenvalue weighted by Gasteiger charge is 2.45. The van der Waals surface area contributed by atoms with Crippen LogP contribution in [0.3, 0.4) is 0 Å². The molecule has 0 aliphatic carbocycles. The monoisotopic (exact) mass is 754 g/mol. The van der Waals surface area contributed by atoms with E-state index in [4.69, 9.17) is 23.1 Å². The normalized spacial score (nSPS) is 28.6. The number of aryl methyl sites for hydroxylation is 1. The van der Waals surface area contributed by atoms with Crippen molar-refractivity contribution in [2.24, 2.45) is 23.7 Å². The molecule has 10 nitrogen and oxygen atoms in total. The molecule has 1 aromatic rings. The number of hydrogen-bond acceptors (Lipinski definition) is 10. The molecule has 290 valence electrons. The van der Waals surface area contributed by atoms with E-state index in [0.29, 0.717) is 44.0 Å². The third-order valence-corrected chi connectivity index (χ3v) is 13.6. The van der Waals surface area contributed by atoms with Crippen molar-refractivity contribution >= 4 is 20.0 Å². The number of sulfone groups is 1. The summed E-state index contributed by atoms with van der Waals surface area (Å²) in [7, 11) is -7.36. The van der Waals surface area contributed by atoms with E-state index in [0.717, 1.165) is 49.5 Å². The minimum atomic E-state index is -3.76. The highest BCUT2D eigenvalue weighted by atomic mass is 32.2. The zero-order valence-corrected chi connectivity index (χ0v) is 33.1. The van der Waals surface area contributed by atoms with E-state index in [2.05, 4.69) is 33.9 Å². The summed E-state index contributed by atoms with van der Waals surface area (Å²) in [4.78, 5) is 0.287. The van der Waals surface area contributed by atoms with Gasteiger partial charge in [0.05, 0.1) is 66.7 Å². The van der Waals surface area contributed by atoms with Gasteiger partial charge in [0.15, 0.2) is 16.1 Å². The lowest BCUT2D eigenvalue weighted by atomic mass is 9.83. The summed E-state index contributed by atoms with van der Waals surface area (Å²) in [6.45, 7) is 19.9. The average molecular weight is 755 g/mol. The van der Waals surface area contributed by atoms with E-state index in [1.165, 1.54) is 0 Å². The minimum Gasteiger partial charge on any atom is -0.389 e. The van der Waals surface area contributed by atoms with Crippen LogP contribution in [0.2, 0.25) is 0 Å². The number of benzene rings is 1. The maximum absolute atomic E-state index is 13.6. The van der Waals surface area contributed by atoms with Gasteiger partial charge in [0, 0.05) is 18.8 Å². The van der Waals surface area contributed by atoms with Gasteiger partial charge in [-0.05, 0) is 86.5 Å². The molecule has 1 N–H and O–H groups in total. The van der Waals surface area contributed by atoms with Gasteiger partial charge in [0.25, 0.3) is 10.1 Å². The molecule has 12 heteroatoms. The first-order valence-corrected chi connectivity index (χ1v) is 22.2. The maximum atomic E-state index is 13.6. The smallest absolute Gasteiger partial charge is 0.264 e. The Morgan fingerprint density at radius 1 is 1.00 bits per heavy atom. The highest BCUT2D eigenvalue weighted by Crippen LogP contribution is 2.41. The molecule has 0 aromatic heterocycles. The summed E-state index contributed by atoms with van der Waals surface area (Å²) in [5.41, 5.74) is 2.51. The molecule has 51 heavy (non-hydrogen) atoms. The van der Waals surface area contributed by atoms with Crippen LogP contribution in [0.5, 0.6) is 0 Å². The molecule has 3 aliphatic rings. The number of hydrogen-bond donors (Lipinski definition) is 1. The van der Waals surface area contributed by atoms with Crippen molar-refractivity contribution in [3.05, 3.63) is 54.1 Å². The van der Waals surface area contributed by atoms with Crippen molar-refractivity contribution in [3.63, 3.8) is 0 Å². The fraction of sp³-hybridized carbons (Fsp3) is 0.744.